The lowest BCUT2D eigenvalue weighted by Gasteiger charge is -2.51. The SMILES string of the molecule is COc1cc(/C=C\C(=O)O[C@H]2[C@H](O[C@@H]3O[C@H](COC(C)=O)[C@@H](O[C@@H]4O[C@H](CO)[C@@H](O)[C@H](O)[C@H]4O)[C@H](O)[C@H]3O)[C@@H](O[C@@H]3O[C@H](CO)[C@@H](O)[C@H](O)[C@H]3O)[C@@H](O[C@]3(COC(=O)/C=C/c4ccc(O)cc4)O[C@H](CO)[C@@H](O)[C@@H]3OC(=O)c3ccccc3)O[C@@H]2COC(C)=O)ccc1O. The maximum absolute atomic E-state index is 14.4. The van der Waals surface area contributed by atoms with E-state index in [-0.39, 0.29) is 28.4 Å². The van der Waals surface area contributed by atoms with Gasteiger partial charge in [0.05, 0.1) is 32.5 Å². The van der Waals surface area contributed by atoms with Crippen LogP contribution in [0.1, 0.15) is 35.3 Å². The number of carbonyl (C=O) groups excluding carboxylic acids is 5. The van der Waals surface area contributed by atoms with Crippen LogP contribution in [-0.2, 0) is 85.5 Å². The van der Waals surface area contributed by atoms with Crippen LogP contribution in [0, 0.1) is 0 Å². The van der Waals surface area contributed by atoms with Crippen LogP contribution in [0.15, 0.2) is 84.9 Å². The van der Waals surface area contributed by atoms with Crippen molar-refractivity contribution >= 4 is 42.0 Å². The number of esters is 5. The number of phenols is 2. The smallest absolute Gasteiger partial charge is 0.338 e. The first-order valence-corrected chi connectivity index (χ1v) is 29.1. The Labute approximate surface area is 533 Å². The highest BCUT2D eigenvalue weighted by molar-refractivity contribution is 5.90. The minimum absolute atomic E-state index is 0.0365. The standard InChI is InChI=1S/C60H74O34/c1-26(64)81-23-37-50(89-56-47(76)44(73)41(70)34(20-61)84-56)46(75)49(78)58(86-37)90-52-51(88-40(69)18-13-29-11-16-32(67)33(19-29)80-3)38(24-82-27(2)65)87-59(53(52)91-57-48(77)45(74)42(71)35(21-62)85-57)94-60(25-83-39(68)17-12-28-9-14-31(66)15-10-28)54(43(72)36(22-63)93-60)92-55(79)30-7-5-4-6-8-30/h4-19,34-38,41-54,56-59,61-63,66-67,70-78H,20-25H2,1-3H3/b17-12+,18-13-/t34-,35-,36-,37-,38-,41-,42-,43-,44+,45+,46-,47-,48-,49-,50-,51-,52+,53-,54+,56+,57+,58+,59-,60+/m1/s1. The second-order valence-electron chi connectivity index (χ2n) is 22.0. The molecule has 0 radical (unpaired) electrons. The summed E-state index contributed by atoms with van der Waals surface area (Å²) in [5, 5.41) is 153. The molecular weight excluding hydrogens is 1260 g/mol. The van der Waals surface area contributed by atoms with E-state index in [1.807, 2.05) is 0 Å². The zero-order valence-corrected chi connectivity index (χ0v) is 50.2. The van der Waals surface area contributed by atoms with Crippen molar-refractivity contribution in [2.45, 2.75) is 161 Å². The summed E-state index contributed by atoms with van der Waals surface area (Å²) in [6, 6.07) is 16.4. The maximum atomic E-state index is 14.4. The summed E-state index contributed by atoms with van der Waals surface area (Å²) in [6.45, 7) is -4.45. The van der Waals surface area contributed by atoms with Gasteiger partial charge in [-0.15, -0.1) is 0 Å². The molecule has 518 valence electrons. The van der Waals surface area contributed by atoms with Crippen LogP contribution in [0.3, 0.4) is 0 Å². The van der Waals surface area contributed by atoms with Crippen molar-refractivity contribution in [1.29, 1.82) is 0 Å². The molecule has 5 fully saturated rings. The summed E-state index contributed by atoms with van der Waals surface area (Å²) >= 11 is 0. The minimum Gasteiger partial charge on any atom is -0.508 e. The van der Waals surface area contributed by atoms with Gasteiger partial charge in [-0.1, -0.05) is 36.4 Å². The van der Waals surface area contributed by atoms with E-state index in [1.165, 1.54) is 86.0 Å². The minimum atomic E-state index is -3.00. The van der Waals surface area contributed by atoms with Crippen molar-refractivity contribution in [3.8, 4) is 17.2 Å². The summed E-state index contributed by atoms with van der Waals surface area (Å²) < 4.78 is 89.0. The third-order valence-electron chi connectivity index (χ3n) is 15.5. The zero-order valence-electron chi connectivity index (χ0n) is 50.2. The summed E-state index contributed by atoms with van der Waals surface area (Å²) in [5.41, 5.74) is 0.420. The van der Waals surface area contributed by atoms with Crippen LogP contribution in [-0.4, -0.2) is 295 Å². The van der Waals surface area contributed by atoms with Gasteiger partial charge in [0.2, 0.25) is 5.79 Å². The van der Waals surface area contributed by atoms with Gasteiger partial charge < -0.3 is 143 Å². The summed E-state index contributed by atoms with van der Waals surface area (Å²) in [4.78, 5) is 67.5. The van der Waals surface area contributed by atoms with E-state index in [0.29, 0.717) is 5.56 Å². The molecule has 3 aromatic rings. The molecule has 3 aromatic carbocycles. The van der Waals surface area contributed by atoms with Gasteiger partial charge in [0.15, 0.2) is 48.9 Å². The van der Waals surface area contributed by atoms with Crippen LogP contribution < -0.4 is 4.74 Å². The van der Waals surface area contributed by atoms with Crippen molar-refractivity contribution < 1.29 is 167 Å². The first-order chi connectivity index (χ1) is 44.8. The van der Waals surface area contributed by atoms with Crippen LogP contribution in [0.5, 0.6) is 17.2 Å². The van der Waals surface area contributed by atoms with Crippen LogP contribution in [0.25, 0.3) is 12.2 Å². The largest absolute Gasteiger partial charge is 0.508 e. The number of ether oxygens (including phenoxy) is 15. The molecule has 0 aliphatic carbocycles. The molecule has 24 atom stereocenters. The van der Waals surface area contributed by atoms with Crippen molar-refractivity contribution in [3.05, 3.63) is 102 Å². The highest BCUT2D eigenvalue weighted by Crippen LogP contribution is 2.43. The Kier molecular flexibility index (Phi) is 25.3. The first-order valence-electron chi connectivity index (χ1n) is 29.1. The molecule has 0 bridgehead atoms. The number of aliphatic hydroxyl groups excluding tert-OH is 12. The number of hydrogen-bond donors (Lipinski definition) is 14. The fourth-order valence-corrected chi connectivity index (χ4v) is 10.5. The Bertz CT molecular complexity index is 3060. The average molecular weight is 1340 g/mol. The molecule has 0 spiro atoms. The number of aromatic hydroxyl groups is 2. The molecule has 5 saturated heterocycles. The number of methoxy groups -OCH3 is 1. The molecule has 34 heteroatoms. The number of benzene rings is 3. The van der Waals surface area contributed by atoms with Crippen molar-refractivity contribution in [2.75, 3.05) is 46.8 Å². The molecule has 0 amide bonds. The molecule has 5 heterocycles. The Morgan fingerprint density at radius 1 is 0.500 bits per heavy atom. The summed E-state index contributed by atoms with van der Waals surface area (Å²) in [6.07, 6.45) is -45.4. The zero-order chi connectivity index (χ0) is 68.3. The second kappa shape index (κ2) is 32.7. The van der Waals surface area contributed by atoms with E-state index in [4.69, 9.17) is 71.1 Å². The lowest BCUT2D eigenvalue weighted by molar-refractivity contribution is -0.423. The average Bonchev–Trinajstić information content (AvgIpc) is 1.34. The number of aliphatic hydroxyl groups is 12. The molecule has 34 nitrogen and oxygen atoms in total. The highest BCUT2D eigenvalue weighted by Gasteiger charge is 2.64. The lowest BCUT2D eigenvalue weighted by Crippen LogP contribution is -2.69. The van der Waals surface area contributed by atoms with Crippen LogP contribution >= 0.6 is 0 Å². The maximum Gasteiger partial charge on any atom is 0.338 e. The lowest BCUT2D eigenvalue weighted by atomic mass is 9.95. The van der Waals surface area contributed by atoms with Crippen LogP contribution in [0.2, 0.25) is 0 Å². The van der Waals surface area contributed by atoms with Gasteiger partial charge in [0, 0.05) is 26.0 Å². The Balaban J connectivity index is 1.29. The Morgan fingerprint density at radius 3 is 1.56 bits per heavy atom. The van der Waals surface area contributed by atoms with E-state index < -0.39 is 216 Å². The summed E-state index contributed by atoms with van der Waals surface area (Å²) in [5.74, 6) is -9.18. The molecule has 8 rings (SSSR count). The van der Waals surface area contributed by atoms with Gasteiger partial charge in [-0.3, -0.25) is 9.59 Å². The number of rotatable bonds is 25. The fourth-order valence-electron chi connectivity index (χ4n) is 10.5. The molecular formula is C60H74O34. The Morgan fingerprint density at radius 2 is 1.00 bits per heavy atom. The normalized spacial score (nSPS) is 36.0. The molecule has 94 heavy (non-hydrogen) atoms. The van der Waals surface area contributed by atoms with E-state index in [9.17, 15) is 95.5 Å². The van der Waals surface area contributed by atoms with Gasteiger partial charge in [-0.25, -0.2) is 14.4 Å². The van der Waals surface area contributed by atoms with Crippen molar-refractivity contribution in [2.24, 2.45) is 0 Å². The highest BCUT2D eigenvalue weighted by atomic mass is 16.8. The second-order valence-corrected chi connectivity index (χ2v) is 22.0. The predicted molar refractivity (Wildman–Crippen MR) is 304 cm³/mol. The molecule has 0 aromatic heterocycles. The third kappa shape index (κ3) is 17.4. The molecule has 0 unspecified atom stereocenters. The van der Waals surface area contributed by atoms with E-state index in [0.717, 1.165) is 26.0 Å². The number of phenolic OH excluding ortho intramolecular Hbond substituents is 2. The van der Waals surface area contributed by atoms with E-state index in [2.05, 4.69) is 0 Å². The Hall–Kier alpha value is -6.95. The van der Waals surface area contributed by atoms with Gasteiger partial charge in [-0.2, -0.15) is 0 Å². The fraction of sp³-hybridized carbons (Fsp3) is 0.550. The molecule has 14 N–H and O–H groups in total. The van der Waals surface area contributed by atoms with Gasteiger partial charge >= 0.3 is 29.8 Å². The van der Waals surface area contributed by atoms with E-state index in [1.54, 1.807) is 6.07 Å². The molecule has 0 saturated carbocycles. The predicted octanol–water partition coefficient (Wildman–Crippen LogP) is -4.97. The van der Waals surface area contributed by atoms with Crippen molar-refractivity contribution in [3.63, 3.8) is 0 Å². The van der Waals surface area contributed by atoms with Crippen LogP contribution in [0.4, 0.5) is 0 Å². The summed E-state index contributed by atoms with van der Waals surface area (Å²) in [7, 11) is 1.25. The number of hydrogen-bond acceptors (Lipinski definition) is 34. The van der Waals surface area contributed by atoms with Gasteiger partial charge in [-0.05, 0) is 59.7 Å². The molecule has 5 aliphatic rings. The monoisotopic (exact) mass is 1340 g/mol. The van der Waals surface area contributed by atoms with Crippen molar-refractivity contribution in [1.82, 2.24) is 0 Å². The topological polar surface area (TPSA) is 507 Å². The van der Waals surface area contributed by atoms with E-state index >= 15 is 0 Å². The van der Waals surface area contributed by atoms with Gasteiger partial charge in [0.25, 0.3) is 0 Å². The quantitative estimate of drug-likeness (QED) is 0.0215. The number of carbonyl (C=O) groups is 5. The molecule has 5 aliphatic heterocycles. The van der Waals surface area contributed by atoms with Gasteiger partial charge in [0.1, 0.15) is 129 Å². The first kappa shape index (κ1) is 72.9. The third-order valence-corrected chi connectivity index (χ3v) is 15.5.